The first-order valence-corrected chi connectivity index (χ1v) is 13.0. The van der Waals surface area contributed by atoms with E-state index in [9.17, 15) is 0 Å². The molecule has 2 aromatic rings. The van der Waals surface area contributed by atoms with Gasteiger partial charge in [-0.15, -0.1) is 0 Å². The van der Waals surface area contributed by atoms with Crippen molar-refractivity contribution >= 4 is 5.69 Å². The number of likely N-dealkylation sites (tertiary alicyclic amines) is 1. The summed E-state index contributed by atoms with van der Waals surface area (Å²) < 4.78 is 5.89. The van der Waals surface area contributed by atoms with E-state index in [4.69, 9.17) is 11.3 Å². The van der Waals surface area contributed by atoms with Gasteiger partial charge >= 0.3 is 0 Å². The van der Waals surface area contributed by atoms with Crippen LogP contribution < -0.4 is 4.74 Å². The summed E-state index contributed by atoms with van der Waals surface area (Å²) in [5.41, 5.74) is 4.37. The van der Waals surface area contributed by atoms with Gasteiger partial charge in [-0.25, -0.2) is 4.85 Å². The van der Waals surface area contributed by atoms with E-state index in [0.29, 0.717) is 11.1 Å². The maximum absolute atomic E-state index is 7.04. The zero-order chi connectivity index (χ0) is 23.1. The molecule has 1 saturated heterocycles. The average Bonchev–Trinajstić information content (AvgIpc) is 2.86. The first-order valence-electron chi connectivity index (χ1n) is 13.0. The fourth-order valence-corrected chi connectivity index (χ4v) is 6.19. The number of hydrogen-bond donors (Lipinski definition) is 0. The number of aryl methyl sites for hydroxylation is 1. The van der Waals surface area contributed by atoms with Crippen molar-refractivity contribution in [2.45, 2.75) is 70.6 Å². The van der Waals surface area contributed by atoms with Crippen LogP contribution in [0, 0.1) is 18.4 Å². The summed E-state index contributed by atoms with van der Waals surface area (Å²) in [5.74, 6) is 2.45. The molecule has 3 nitrogen and oxygen atoms in total. The second-order valence-electron chi connectivity index (χ2n) is 10.5. The van der Waals surface area contributed by atoms with Gasteiger partial charge in [-0.2, -0.15) is 0 Å². The van der Waals surface area contributed by atoms with Crippen molar-refractivity contribution in [3.63, 3.8) is 0 Å². The van der Waals surface area contributed by atoms with Gasteiger partial charge < -0.3 is 9.64 Å². The van der Waals surface area contributed by atoms with Gasteiger partial charge in [0, 0.05) is 6.54 Å². The molecule has 2 aliphatic rings. The molecule has 0 radical (unpaired) electrons. The maximum Gasteiger partial charge on any atom is 0.187 e. The Balaban J connectivity index is 1.31. The second-order valence-corrected chi connectivity index (χ2v) is 10.5. The summed E-state index contributed by atoms with van der Waals surface area (Å²) in [4.78, 5) is 6.08. The second kappa shape index (κ2) is 11.2. The SMILES string of the molecule is [C-]#[N+]c1ccc(OCCCN2CCC(C3(CCC(C)C)CCCc4ccccc43)CC2)cc1. The molecule has 176 valence electrons. The molecule has 0 saturated carbocycles. The Morgan fingerprint density at radius 2 is 1.85 bits per heavy atom. The highest BCUT2D eigenvalue weighted by Gasteiger charge is 2.43. The smallest absolute Gasteiger partial charge is 0.187 e. The van der Waals surface area contributed by atoms with Gasteiger partial charge in [-0.1, -0.05) is 56.7 Å². The lowest BCUT2D eigenvalue weighted by Gasteiger charge is -2.49. The topological polar surface area (TPSA) is 16.8 Å². The Morgan fingerprint density at radius 3 is 2.58 bits per heavy atom. The van der Waals surface area contributed by atoms with Crippen molar-refractivity contribution in [2.75, 3.05) is 26.2 Å². The van der Waals surface area contributed by atoms with Crippen LogP contribution in [0.1, 0.15) is 69.9 Å². The van der Waals surface area contributed by atoms with Crippen LogP contribution in [-0.4, -0.2) is 31.1 Å². The summed E-state index contributed by atoms with van der Waals surface area (Å²) in [6.45, 7) is 16.1. The van der Waals surface area contributed by atoms with Gasteiger partial charge in [-0.05, 0) is 98.5 Å². The van der Waals surface area contributed by atoms with Gasteiger partial charge in [0.15, 0.2) is 5.69 Å². The van der Waals surface area contributed by atoms with Gasteiger partial charge in [0.25, 0.3) is 0 Å². The largest absolute Gasteiger partial charge is 0.494 e. The van der Waals surface area contributed by atoms with Crippen molar-refractivity contribution in [1.82, 2.24) is 4.90 Å². The Hall–Kier alpha value is -2.31. The lowest BCUT2D eigenvalue weighted by molar-refractivity contribution is 0.1000. The summed E-state index contributed by atoms with van der Waals surface area (Å²) >= 11 is 0. The van der Waals surface area contributed by atoms with E-state index >= 15 is 0 Å². The molecule has 0 aromatic heterocycles. The van der Waals surface area contributed by atoms with E-state index in [1.54, 1.807) is 11.1 Å². The molecular formula is C30H40N2O. The molecule has 1 heterocycles. The summed E-state index contributed by atoms with van der Waals surface area (Å²) in [7, 11) is 0. The molecule has 1 aliphatic carbocycles. The standard InChI is InChI=1S/C30H40N2O/c1-24(2)15-19-30(18-6-9-25-8-4-5-10-29(25)30)26-16-21-32(22-17-26)20-7-23-33-28-13-11-27(31-3)12-14-28/h4-5,8,10-14,24,26H,6-7,9,15-23H2,1-2H3. The van der Waals surface area contributed by atoms with Gasteiger partial charge in [0.2, 0.25) is 0 Å². The lowest BCUT2D eigenvalue weighted by atomic mass is 9.58. The van der Waals surface area contributed by atoms with E-state index < -0.39 is 0 Å². The molecule has 1 aliphatic heterocycles. The molecule has 4 rings (SSSR count). The van der Waals surface area contributed by atoms with Crippen molar-refractivity contribution in [1.29, 1.82) is 0 Å². The third-order valence-electron chi connectivity index (χ3n) is 8.01. The third-order valence-corrected chi connectivity index (χ3v) is 8.01. The molecule has 1 fully saturated rings. The molecule has 33 heavy (non-hydrogen) atoms. The average molecular weight is 445 g/mol. The number of fused-ring (bicyclic) bond motifs is 1. The predicted molar refractivity (Wildman–Crippen MR) is 137 cm³/mol. The molecule has 3 heteroatoms. The van der Waals surface area contributed by atoms with Crippen LogP contribution in [0.3, 0.4) is 0 Å². The van der Waals surface area contributed by atoms with E-state index in [2.05, 4.69) is 47.9 Å². The minimum atomic E-state index is 0.395. The lowest BCUT2D eigenvalue weighted by Crippen LogP contribution is -2.45. The minimum absolute atomic E-state index is 0.395. The van der Waals surface area contributed by atoms with Gasteiger partial charge in [0.05, 0.1) is 13.2 Å². The van der Waals surface area contributed by atoms with Crippen LogP contribution in [0.25, 0.3) is 4.85 Å². The fourth-order valence-electron chi connectivity index (χ4n) is 6.19. The van der Waals surface area contributed by atoms with Crippen molar-refractivity contribution < 1.29 is 4.74 Å². The highest BCUT2D eigenvalue weighted by Crippen LogP contribution is 2.50. The normalized spacial score (nSPS) is 21.5. The van der Waals surface area contributed by atoms with Gasteiger partial charge in [-0.3, -0.25) is 0 Å². The summed E-state index contributed by atoms with van der Waals surface area (Å²) in [6, 6.07) is 16.8. The molecule has 1 unspecified atom stereocenters. The first kappa shape index (κ1) is 23.8. The van der Waals surface area contributed by atoms with E-state index in [1.807, 2.05) is 24.3 Å². The van der Waals surface area contributed by atoms with Crippen LogP contribution in [0.15, 0.2) is 48.5 Å². The number of ether oxygens (including phenoxy) is 1. The number of benzene rings is 2. The highest BCUT2D eigenvalue weighted by atomic mass is 16.5. The predicted octanol–water partition coefficient (Wildman–Crippen LogP) is 7.43. The zero-order valence-electron chi connectivity index (χ0n) is 20.6. The van der Waals surface area contributed by atoms with Crippen LogP contribution in [0.4, 0.5) is 5.69 Å². The Kier molecular flexibility index (Phi) is 8.10. The number of nitrogens with zero attached hydrogens (tertiary/aromatic N) is 2. The molecule has 0 spiro atoms. The minimum Gasteiger partial charge on any atom is -0.494 e. The number of hydrogen-bond acceptors (Lipinski definition) is 2. The Bertz CT molecular complexity index is 921. The van der Waals surface area contributed by atoms with E-state index in [0.717, 1.165) is 37.2 Å². The first-order chi connectivity index (χ1) is 16.1. The number of rotatable bonds is 9. The van der Waals surface area contributed by atoms with E-state index in [1.165, 1.54) is 58.0 Å². The highest BCUT2D eigenvalue weighted by molar-refractivity contribution is 5.47. The Labute approximate surface area is 201 Å². The zero-order valence-corrected chi connectivity index (χ0v) is 20.6. The van der Waals surface area contributed by atoms with Crippen molar-refractivity contribution in [2.24, 2.45) is 11.8 Å². The summed E-state index contributed by atoms with van der Waals surface area (Å²) in [6.07, 6.45) is 10.4. The molecule has 2 aromatic carbocycles. The van der Waals surface area contributed by atoms with Crippen LogP contribution in [-0.2, 0) is 11.8 Å². The fraction of sp³-hybridized carbons (Fsp3) is 0.567. The molecule has 0 bridgehead atoms. The van der Waals surface area contributed by atoms with Crippen LogP contribution >= 0.6 is 0 Å². The number of piperidine rings is 1. The molecule has 0 amide bonds. The monoisotopic (exact) mass is 444 g/mol. The molecular weight excluding hydrogens is 404 g/mol. The van der Waals surface area contributed by atoms with Crippen molar-refractivity contribution in [3.8, 4) is 5.75 Å². The van der Waals surface area contributed by atoms with Gasteiger partial charge in [0.1, 0.15) is 5.75 Å². The van der Waals surface area contributed by atoms with E-state index in [-0.39, 0.29) is 0 Å². The molecule has 1 atom stereocenters. The maximum atomic E-state index is 7.04. The van der Waals surface area contributed by atoms with Crippen LogP contribution in [0.2, 0.25) is 0 Å². The van der Waals surface area contributed by atoms with Crippen molar-refractivity contribution in [3.05, 3.63) is 71.1 Å². The molecule has 0 N–H and O–H groups in total. The van der Waals surface area contributed by atoms with Crippen LogP contribution in [0.5, 0.6) is 5.75 Å². The quantitative estimate of drug-likeness (QED) is 0.295. The third kappa shape index (κ3) is 5.79. The Morgan fingerprint density at radius 1 is 1.09 bits per heavy atom. The summed E-state index contributed by atoms with van der Waals surface area (Å²) in [5, 5.41) is 0.